The molecule has 23 heavy (non-hydrogen) atoms. The Bertz CT molecular complexity index is 926. The summed E-state index contributed by atoms with van der Waals surface area (Å²) in [5.41, 5.74) is 8.38. The topological polar surface area (TPSA) is 89.2 Å². The molecule has 6 nitrogen and oxygen atoms in total. The molecule has 0 spiro atoms. The summed E-state index contributed by atoms with van der Waals surface area (Å²) >= 11 is 0. The molecule has 116 valence electrons. The molecule has 1 aliphatic carbocycles. The second kappa shape index (κ2) is 5.57. The molecule has 1 heterocycles. The van der Waals surface area contributed by atoms with Gasteiger partial charge >= 0.3 is 0 Å². The lowest BCUT2D eigenvalue weighted by atomic mass is 10.1. The van der Waals surface area contributed by atoms with Crippen LogP contribution in [0.4, 0.5) is 5.69 Å². The number of nitrogens with two attached hydrogens (primary N) is 1. The number of aromatic nitrogens is 2. The van der Waals surface area contributed by atoms with Crippen molar-refractivity contribution in [3.63, 3.8) is 0 Å². The zero-order valence-corrected chi connectivity index (χ0v) is 12.9. The van der Waals surface area contributed by atoms with E-state index in [9.17, 15) is 4.79 Å². The van der Waals surface area contributed by atoms with Gasteiger partial charge in [0.2, 0.25) is 0 Å². The molecule has 0 fully saturated rings. The molecule has 0 saturated heterocycles. The van der Waals surface area contributed by atoms with Gasteiger partial charge < -0.3 is 5.73 Å². The summed E-state index contributed by atoms with van der Waals surface area (Å²) in [6.45, 7) is 1.83. The van der Waals surface area contributed by atoms with Crippen LogP contribution in [-0.2, 0) is 7.05 Å². The van der Waals surface area contributed by atoms with Crippen molar-refractivity contribution in [3.8, 4) is 5.69 Å². The minimum absolute atomic E-state index is 0.193. The van der Waals surface area contributed by atoms with Crippen LogP contribution in [0.3, 0.4) is 0 Å². The van der Waals surface area contributed by atoms with Gasteiger partial charge in [-0.15, -0.1) is 0 Å². The van der Waals surface area contributed by atoms with Crippen LogP contribution in [0.25, 0.3) is 5.69 Å². The second-order valence-electron chi connectivity index (χ2n) is 5.30. The maximum absolute atomic E-state index is 12.8. The number of aliphatic imine (C=N–C) groups is 1. The molecule has 6 heteroatoms. The van der Waals surface area contributed by atoms with Crippen LogP contribution in [0.15, 0.2) is 64.0 Å². The monoisotopic (exact) mass is 307 g/mol. The quantitative estimate of drug-likeness (QED) is 0.831. The highest BCUT2D eigenvalue weighted by atomic mass is 16.1. The largest absolute Gasteiger partial charge is 0.399 e. The number of rotatable bonds is 2. The van der Waals surface area contributed by atoms with Crippen molar-refractivity contribution in [1.29, 1.82) is 5.41 Å². The molecule has 1 aromatic heterocycles. The van der Waals surface area contributed by atoms with E-state index in [-0.39, 0.29) is 11.3 Å². The Morgan fingerprint density at radius 2 is 1.87 bits per heavy atom. The molecule has 0 amide bonds. The Hall–Kier alpha value is -3.15. The predicted octanol–water partition coefficient (Wildman–Crippen LogP) is 1.99. The molecule has 0 saturated carbocycles. The third kappa shape index (κ3) is 2.55. The minimum Gasteiger partial charge on any atom is -0.399 e. The van der Waals surface area contributed by atoms with Crippen molar-refractivity contribution in [2.75, 3.05) is 0 Å². The molecule has 0 aliphatic heterocycles. The third-order valence-corrected chi connectivity index (χ3v) is 3.78. The minimum atomic E-state index is -0.215. The van der Waals surface area contributed by atoms with Crippen LogP contribution in [0, 0.1) is 12.3 Å². The van der Waals surface area contributed by atoms with Gasteiger partial charge in [0, 0.05) is 12.7 Å². The van der Waals surface area contributed by atoms with Gasteiger partial charge in [0.1, 0.15) is 0 Å². The lowest BCUT2D eigenvalue weighted by Gasteiger charge is -2.07. The average Bonchev–Trinajstić information content (AvgIpc) is 2.74. The van der Waals surface area contributed by atoms with Gasteiger partial charge in [-0.2, -0.15) is 0 Å². The standard InChI is InChI=1S/C17H17N5O/c1-11-16(20-15-9-8-12(18)10-14(15)19)17(23)22(21(11)2)13-6-4-3-5-7-13/h3-10,19H,18H2,1-2H3. The molecule has 0 radical (unpaired) electrons. The lowest BCUT2D eigenvalue weighted by Crippen LogP contribution is -2.20. The van der Waals surface area contributed by atoms with Gasteiger partial charge in [0.15, 0.2) is 5.69 Å². The second-order valence-corrected chi connectivity index (χ2v) is 5.30. The molecule has 2 aromatic rings. The van der Waals surface area contributed by atoms with Gasteiger partial charge in [0.05, 0.1) is 22.8 Å². The summed E-state index contributed by atoms with van der Waals surface area (Å²) in [5, 5.41) is 7.94. The molecule has 3 N–H and O–H groups in total. The van der Waals surface area contributed by atoms with Crippen LogP contribution >= 0.6 is 0 Å². The van der Waals surface area contributed by atoms with E-state index in [1.165, 1.54) is 6.08 Å². The van der Waals surface area contributed by atoms with Crippen molar-refractivity contribution in [3.05, 3.63) is 70.3 Å². The fraction of sp³-hybridized carbons (Fsp3) is 0.118. The number of nitrogens with zero attached hydrogens (tertiary/aromatic N) is 3. The number of para-hydroxylation sites is 1. The number of allylic oxidation sites excluding steroid dienone is 3. The maximum Gasteiger partial charge on any atom is 0.297 e. The normalized spacial score (nSPS) is 16.0. The predicted molar refractivity (Wildman–Crippen MR) is 92.0 cm³/mol. The van der Waals surface area contributed by atoms with Crippen LogP contribution in [0.2, 0.25) is 0 Å². The maximum atomic E-state index is 12.8. The van der Waals surface area contributed by atoms with E-state index >= 15 is 0 Å². The number of hydrogen-bond donors (Lipinski definition) is 2. The Morgan fingerprint density at radius 3 is 2.52 bits per heavy atom. The lowest BCUT2D eigenvalue weighted by molar-refractivity contribution is 0.630. The molecule has 1 aromatic carbocycles. The highest BCUT2D eigenvalue weighted by molar-refractivity contribution is 6.50. The average molecular weight is 307 g/mol. The van der Waals surface area contributed by atoms with Crippen molar-refractivity contribution >= 4 is 17.1 Å². The Morgan fingerprint density at radius 1 is 1.17 bits per heavy atom. The third-order valence-electron chi connectivity index (χ3n) is 3.78. The van der Waals surface area contributed by atoms with Gasteiger partial charge in [-0.05, 0) is 37.3 Å². The zero-order chi connectivity index (χ0) is 16.6. The number of nitrogens with one attached hydrogen (secondary N) is 1. The molecular formula is C17H17N5O. The van der Waals surface area contributed by atoms with Gasteiger partial charge in [-0.1, -0.05) is 18.2 Å². The zero-order valence-electron chi connectivity index (χ0n) is 12.9. The number of hydrogen-bond acceptors (Lipinski definition) is 4. The fourth-order valence-electron chi connectivity index (χ4n) is 2.45. The highest BCUT2D eigenvalue weighted by Crippen LogP contribution is 2.18. The molecule has 0 bridgehead atoms. The Kier molecular flexibility index (Phi) is 3.57. The molecule has 1 aliphatic rings. The summed E-state index contributed by atoms with van der Waals surface area (Å²) in [6, 6.07) is 9.38. The summed E-state index contributed by atoms with van der Waals surface area (Å²) < 4.78 is 3.33. The number of benzene rings is 1. The summed E-state index contributed by atoms with van der Waals surface area (Å²) in [5.74, 6) is 0. The molecular weight excluding hydrogens is 290 g/mol. The summed E-state index contributed by atoms with van der Waals surface area (Å²) in [7, 11) is 1.81. The van der Waals surface area contributed by atoms with Crippen LogP contribution < -0.4 is 11.3 Å². The van der Waals surface area contributed by atoms with E-state index < -0.39 is 0 Å². The first-order chi connectivity index (χ1) is 11.0. The first-order valence-corrected chi connectivity index (χ1v) is 7.16. The van der Waals surface area contributed by atoms with E-state index in [4.69, 9.17) is 11.1 Å². The van der Waals surface area contributed by atoms with Crippen LogP contribution in [0.1, 0.15) is 5.69 Å². The molecule has 0 unspecified atom stereocenters. The van der Waals surface area contributed by atoms with Crippen molar-refractivity contribution in [1.82, 2.24) is 9.36 Å². The Labute approximate surface area is 133 Å². The van der Waals surface area contributed by atoms with Gasteiger partial charge in [0.25, 0.3) is 5.56 Å². The van der Waals surface area contributed by atoms with E-state index in [2.05, 4.69) is 4.99 Å². The SMILES string of the molecule is Cc1c(N=C2C=CC(N)=CC2=N)c(=O)n(-c2ccccc2)n1C. The molecule has 3 rings (SSSR count). The smallest absolute Gasteiger partial charge is 0.297 e. The van der Waals surface area contributed by atoms with Crippen molar-refractivity contribution in [2.45, 2.75) is 6.92 Å². The Balaban J connectivity index is 2.15. The first kappa shape index (κ1) is 14.8. The van der Waals surface area contributed by atoms with E-state index in [1.54, 1.807) is 21.5 Å². The van der Waals surface area contributed by atoms with E-state index in [0.29, 0.717) is 17.1 Å². The first-order valence-electron chi connectivity index (χ1n) is 7.16. The van der Waals surface area contributed by atoms with Gasteiger partial charge in [-0.3, -0.25) is 14.9 Å². The highest BCUT2D eigenvalue weighted by Gasteiger charge is 2.17. The van der Waals surface area contributed by atoms with Crippen molar-refractivity contribution < 1.29 is 0 Å². The van der Waals surface area contributed by atoms with Gasteiger partial charge in [-0.25, -0.2) is 9.67 Å². The van der Waals surface area contributed by atoms with E-state index in [0.717, 1.165) is 11.4 Å². The van der Waals surface area contributed by atoms with E-state index in [1.807, 2.05) is 44.3 Å². The molecule has 0 atom stereocenters. The summed E-state index contributed by atoms with van der Waals surface area (Å²) in [4.78, 5) is 17.1. The van der Waals surface area contributed by atoms with Crippen molar-refractivity contribution in [2.24, 2.45) is 17.8 Å². The van der Waals surface area contributed by atoms with Crippen LogP contribution in [0.5, 0.6) is 0 Å². The van der Waals surface area contributed by atoms with Crippen LogP contribution in [-0.4, -0.2) is 20.8 Å². The fourth-order valence-corrected chi connectivity index (χ4v) is 2.45. The summed E-state index contributed by atoms with van der Waals surface area (Å²) in [6.07, 6.45) is 4.84.